The molecule has 16 heavy (non-hydrogen) atoms. The summed E-state index contributed by atoms with van der Waals surface area (Å²) in [5.74, 6) is 0.677. The molecule has 1 atom stereocenters. The third-order valence-corrected chi connectivity index (χ3v) is 3.64. The maximum Gasteiger partial charge on any atom is 0.0579 e. The fourth-order valence-electron chi connectivity index (χ4n) is 2.57. The van der Waals surface area contributed by atoms with Crippen molar-refractivity contribution in [3.05, 3.63) is 0 Å². The van der Waals surface area contributed by atoms with Crippen molar-refractivity contribution < 1.29 is 14.6 Å². The molecule has 2 heterocycles. The molecule has 4 nitrogen and oxygen atoms in total. The second-order valence-corrected chi connectivity index (χ2v) is 5.20. The minimum absolute atomic E-state index is 0.0283. The lowest BCUT2D eigenvalue weighted by Crippen LogP contribution is -2.52. The fourth-order valence-corrected chi connectivity index (χ4v) is 2.57. The highest BCUT2D eigenvalue weighted by Gasteiger charge is 2.40. The maximum atomic E-state index is 9.37. The minimum atomic E-state index is 0.0283. The lowest BCUT2D eigenvalue weighted by Gasteiger charge is -2.42. The van der Waals surface area contributed by atoms with Gasteiger partial charge in [-0.05, 0) is 25.8 Å². The van der Waals surface area contributed by atoms with Crippen molar-refractivity contribution in [1.82, 2.24) is 4.90 Å². The van der Waals surface area contributed by atoms with Gasteiger partial charge >= 0.3 is 0 Å². The van der Waals surface area contributed by atoms with E-state index >= 15 is 0 Å². The summed E-state index contributed by atoms with van der Waals surface area (Å²) >= 11 is 0. The third kappa shape index (κ3) is 2.74. The monoisotopic (exact) mass is 229 g/mol. The van der Waals surface area contributed by atoms with E-state index in [0.29, 0.717) is 5.92 Å². The first-order valence-corrected chi connectivity index (χ1v) is 6.27. The van der Waals surface area contributed by atoms with Gasteiger partial charge in [-0.15, -0.1) is 0 Å². The summed E-state index contributed by atoms with van der Waals surface area (Å²) in [5, 5.41) is 9.37. The number of likely N-dealkylation sites (tertiary alicyclic amines) is 1. The fraction of sp³-hybridized carbons (Fsp3) is 1.00. The highest BCUT2D eigenvalue weighted by Crippen LogP contribution is 2.30. The van der Waals surface area contributed by atoms with E-state index in [9.17, 15) is 5.11 Å². The predicted octanol–water partition coefficient (Wildman–Crippen LogP) is 0.354. The van der Waals surface area contributed by atoms with Crippen molar-refractivity contribution in [2.75, 3.05) is 52.7 Å². The molecule has 4 heteroatoms. The van der Waals surface area contributed by atoms with Gasteiger partial charge in [-0.2, -0.15) is 0 Å². The number of hydrogen-bond acceptors (Lipinski definition) is 4. The average Bonchev–Trinajstić information content (AvgIpc) is 2.68. The van der Waals surface area contributed by atoms with E-state index in [1.165, 1.54) is 6.42 Å². The van der Waals surface area contributed by atoms with Crippen LogP contribution >= 0.6 is 0 Å². The molecule has 2 aliphatic rings. The Labute approximate surface area is 97.5 Å². The molecule has 0 bridgehead atoms. The van der Waals surface area contributed by atoms with Crippen LogP contribution in [-0.4, -0.2) is 62.7 Å². The first-order valence-electron chi connectivity index (χ1n) is 6.27. The van der Waals surface area contributed by atoms with Crippen LogP contribution in [0.15, 0.2) is 0 Å². The Hall–Kier alpha value is -0.160. The van der Waals surface area contributed by atoms with Crippen molar-refractivity contribution >= 4 is 0 Å². The van der Waals surface area contributed by atoms with Crippen molar-refractivity contribution in [2.24, 2.45) is 11.3 Å². The van der Waals surface area contributed by atoms with Crippen LogP contribution < -0.4 is 0 Å². The summed E-state index contributed by atoms with van der Waals surface area (Å²) in [6, 6.07) is 0. The third-order valence-electron chi connectivity index (χ3n) is 3.64. The molecule has 0 aliphatic carbocycles. The summed E-state index contributed by atoms with van der Waals surface area (Å²) in [6.45, 7) is 8.65. The van der Waals surface area contributed by atoms with Crippen LogP contribution in [0, 0.1) is 11.3 Å². The molecule has 1 N–H and O–H groups in total. The zero-order chi connectivity index (χ0) is 11.4. The number of aliphatic hydroxyl groups excluding tert-OH is 1. The van der Waals surface area contributed by atoms with Gasteiger partial charge < -0.3 is 19.5 Å². The summed E-state index contributed by atoms with van der Waals surface area (Å²) < 4.78 is 10.7. The van der Waals surface area contributed by atoms with Gasteiger partial charge in [0.05, 0.1) is 31.8 Å². The molecule has 94 valence electrons. The Balaban J connectivity index is 1.72. The zero-order valence-corrected chi connectivity index (χ0v) is 10.2. The highest BCUT2D eigenvalue weighted by molar-refractivity contribution is 4.90. The van der Waals surface area contributed by atoms with Gasteiger partial charge in [0, 0.05) is 19.7 Å². The Bertz CT molecular complexity index is 213. The maximum absolute atomic E-state index is 9.37. The highest BCUT2D eigenvalue weighted by atomic mass is 16.5. The second-order valence-electron chi connectivity index (χ2n) is 5.20. The number of hydrogen-bond donors (Lipinski definition) is 1. The molecule has 0 radical (unpaired) electrons. The predicted molar refractivity (Wildman–Crippen MR) is 61.4 cm³/mol. The van der Waals surface area contributed by atoms with Gasteiger partial charge in [0.15, 0.2) is 0 Å². The van der Waals surface area contributed by atoms with Gasteiger partial charge in [0.1, 0.15) is 0 Å². The molecular formula is C12H23NO3. The van der Waals surface area contributed by atoms with Crippen LogP contribution in [0.1, 0.15) is 13.3 Å². The Morgan fingerprint density at radius 3 is 2.88 bits per heavy atom. The van der Waals surface area contributed by atoms with Crippen LogP contribution in [0.2, 0.25) is 0 Å². The molecule has 0 spiro atoms. The molecule has 1 unspecified atom stereocenters. The quantitative estimate of drug-likeness (QED) is 0.714. The number of nitrogens with zero attached hydrogens (tertiary/aromatic N) is 1. The molecule has 0 amide bonds. The van der Waals surface area contributed by atoms with Crippen LogP contribution in [0.4, 0.5) is 0 Å². The van der Waals surface area contributed by atoms with Crippen LogP contribution in [0.3, 0.4) is 0 Å². The van der Waals surface area contributed by atoms with E-state index in [2.05, 4.69) is 4.90 Å². The SMILES string of the molecule is CCOCC1CCN(CC2(CO)COC2)C1. The molecule has 0 aromatic carbocycles. The van der Waals surface area contributed by atoms with Gasteiger partial charge in [-0.1, -0.05) is 0 Å². The van der Waals surface area contributed by atoms with Crippen LogP contribution in [0.5, 0.6) is 0 Å². The Kier molecular flexibility index (Phi) is 4.19. The lowest BCUT2D eigenvalue weighted by molar-refractivity contribution is -0.146. The number of ether oxygens (including phenoxy) is 2. The summed E-state index contributed by atoms with van der Waals surface area (Å²) in [6.07, 6.45) is 1.22. The topological polar surface area (TPSA) is 41.9 Å². The first-order chi connectivity index (χ1) is 7.78. The van der Waals surface area contributed by atoms with E-state index in [0.717, 1.165) is 46.1 Å². The van der Waals surface area contributed by atoms with Gasteiger partial charge in [0.25, 0.3) is 0 Å². The van der Waals surface area contributed by atoms with Gasteiger partial charge in [-0.25, -0.2) is 0 Å². The number of aliphatic hydroxyl groups is 1. The summed E-state index contributed by atoms with van der Waals surface area (Å²) in [5.41, 5.74) is 0.0283. The molecule has 0 aromatic rings. The van der Waals surface area contributed by atoms with E-state index in [1.807, 2.05) is 6.92 Å². The van der Waals surface area contributed by atoms with Gasteiger partial charge in [-0.3, -0.25) is 0 Å². The van der Waals surface area contributed by atoms with Crippen molar-refractivity contribution in [1.29, 1.82) is 0 Å². The molecule has 2 rings (SSSR count). The van der Waals surface area contributed by atoms with E-state index in [1.54, 1.807) is 0 Å². The molecule has 0 aromatic heterocycles. The summed E-state index contributed by atoms with van der Waals surface area (Å²) in [4.78, 5) is 2.45. The van der Waals surface area contributed by atoms with Crippen molar-refractivity contribution in [3.63, 3.8) is 0 Å². The standard InChI is InChI=1S/C12H23NO3/c1-2-15-6-11-3-4-13(5-11)7-12(8-14)9-16-10-12/h11,14H,2-10H2,1H3. The Morgan fingerprint density at radius 2 is 2.31 bits per heavy atom. The molecule has 2 aliphatic heterocycles. The van der Waals surface area contributed by atoms with Crippen molar-refractivity contribution in [3.8, 4) is 0 Å². The number of rotatable bonds is 6. The zero-order valence-electron chi connectivity index (χ0n) is 10.2. The summed E-state index contributed by atoms with van der Waals surface area (Å²) in [7, 11) is 0. The minimum Gasteiger partial charge on any atom is -0.396 e. The largest absolute Gasteiger partial charge is 0.396 e. The smallest absolute Gasteiger partial charge is 0.0579 e. The Morgan fingerprint density at radius 1 is 1.50 bits per heavy atom. The van der Waals surface area contributed by atoms with E-state index in [4.69, 9.17) is 9.47 Å². The molecular weight excluding hydrogens is 206 g/mol. The molecule has 0 saturated carbocycles. The van der Waals surface area contributed by atoms with E-state index < -0.39 is 0 Å². The van der Waals surface area contributed by atoms with Crippen LogP contribution in [-0.2, 0) is 9.47 Å². The van der Waals surface area contributed by atoms with Crippen LogP contribution in [0.25, 0.3) is 0 Å². The first kappa shape index (κ1) is 12.3. The van der Waals surface area contributed by atoms with Crippen molar-refractivity contribution in [2.45, 2.75) is 13.3 Å². The lowest BCUT2D eigenvalue weighted by atomic mass is 9.86. The van der Waals surface area contributed by atoms with Gasteiger partial charge in [0.2, 0.25) is 0 Å². The molecule has 2 saturated heterocycles. The normalized spacial score (nSPS) is 29.2. The molecule has 2 fully saturated rings. The average molecular weight is 229 g/mol. The van der Waals surface area contributed by atoms with E-state index in [-0.39, 0.29) is 12.0 Å². The second kappa shape index (κ2) is 5.45.